The van der Waals surface area contributed by atoms with E-state index in [4.69, 9.17) is 27.9 Å². The first kappa shape index (κ1) is 14.1. The van der Waals surface area contributed by atoms with Gasteiger partial charge in [-0.15, -0.1) is 0 Å². The Bertz CT molecular complexity index is 821. The summed E-state index contributed by atoms with van der Waals surface area (Å²) < 4.78 is 7.47. The third-order valence-corrected chi connectivity index (χ3v) is 4.14. The molecule has 5 nitrogen and oxygen atoms in total. The number of halogens is 2. The summed E-state index contributed by atoms with van der Waals surface area (Å²) in [6.45, 7) is 5.68. The van der Waals surface area contributed by atoms with Crippen molar-refractivity contribution in [3.63, 3.8) is 0 Å². The fourth-order valence-corrected chi connectivity index (χ4v) is 2.34. The monoisotopic (exact) mass is 322 g/mol. The van der Waals surface area contributed by atoms with Gasteiger partial charge in [0.05, 0.1) is 0 Å². The highest BCUT2D eigenvalue weighted by atomic mass is 35.5. The molecule has 0 atom stereocenters. The van der Waals surface area contributed by atoms with Crippen molar-refractivity contribution in [3.05, 3.63) is 45.3 Å². The van der Waals surface area contributed by atoms with E-state index in [9.17, 15) is 0 Å². The van der Waals surface area contributed by atoms with E-state index in [-0.39, 0.29) is 0 Å². The predicted octanol–water partition coefficient (Wildman–Crippen LogP) is 4.15. The molecule has 0 saturated carbocycles. The molecule has 0 N–H and O–H groups in total. The van der Waals surface area contributed by atoms with E-state index in [1.54, 1.807) is 0 Å². The number of hydrogen-bond donors (Lipinski definition) is 0. The quantitative estimate of drug-likeness (QED) is 0.665. The van der Waals surface area contributed by atoms with Crippen molar-refractivity contribution in [3.8, 4) is 11.6 Å². The maximum absolute atomic E-state index is 6.17. The highest BCUT2D eigenvalue weighted by Crippen LogP contribution is 2.32. The van der Waals surface area contributed by atoms with Crippen molar-refractivity contribution in [2.24, 2.45) is 0 Å². The van der Waals surface area contributed by atoms with Crippen LogP contribution in [-0.2, 0) is 0 Å². The molecule has 7 heteroatoms. The molecule has 3 aromatic rings. The molecule has 0 spiro atoms. The number of rotatable bonds is 2. The highest BCUT2D eigenvalue weighted by Gasteiger charge is 2.15. The van der Waals surface area contributed by atoms with Gasteiger partial charge in [0.15, 0.2) is 0 Å². The van der Waals surface area contributed by atoms with E-state index in [1.807, 2.05) is 32.9 Å². The molecule has 0 saturated heterocycles. The summed E-state index contributed by atoms with van der Waals surface area (Å²) in [7, 11) is 0. The zero-order chi connectivity index (χ0) is 15.1. The number of nitrogens with zero attached hydrogens (tertiary/aromatic N) is 4. The number of benzene rings is 1. The first-order chi connectivity index (χ1) is 9.97. The second kappa shape index (κ2) is 5.16. The van der Waals surface area contributed by atoms with Gasteiger partial charge in [-0.25, -0.2) is 0 Å². The SMILES string of the molecule is Cc1cc(Oc2c(C)c(Cl)nc3ncnn23)cc(C)c1Cl. The Balaban J connectivity index is 2.14. The van der Waals surface area contributed by atoms with Gasteiger partial charge in [0.2, 0.25) is 5.88 Å². The summed E-state index contributed by atoms with van der Waals surface area (Å²) in [4.78, 5) is 8.17. The standard InChI is InChI=1S/C14H12Cl2N4O/c1-7-4-10(5-8(2)11(7)15)21-13-9(3)12(16)19-14-17-6-18-20(13)14/h4-6H,1-3H3. The summed E-state index contributed by atoms with van der Waals surface area (Å²) >= 11 is 12.3. The number of hydrogen-bond acceptors (Lipinski definition) is 4. The molecule has 2 heterocycles. The lowest BCUT2D eigenvalue weighted by atomic mass is 10.1. The molecule has 0 aliphatic rings. The van der Waals surface area contributed by atoms with Crippen LogP contribution in [0.15, 0.2) is 18.5 Å². The van der Waals surface area contributed by atoms with Crippen molar-refractivity contribution < 1.29 is 4.74 Å². The second-order valence-corrected chi connectivity index (χ2v) is 5.51. The van der Waals surface area contributed by atoms with Crippen molar-refractivity contribution in [2.45, 2.75) is 20.8 Å². The predicted molar refractivity (Wildman–Crippen MR) is 81.5 cm³/mol. The van der Waals surface area contributed by atoms with E-state index < -0.39 is 0 Å². The van der Waals surface area contributed by atoms with Crippen LogP contribution in [0.5, 0.6) is 11.6 Å². The molecule has 0 amide bonds. The second-order valence-electron chi connectivity index (χ2n) is 4.78. The van der Waals surface area contributed by atoms with Gasteiger partial charge >= 0.3 is 0 Å². The van der Waals surface area contributed by atoms with Gasteiger partial charge in [0.25, 0.3) is 5.78 Å². The van der Waals surface area contributed by atoms with Crippen LogP contribution in [0.25, 0.3) is 5.78 Å². The van der Waals surface area contributed by atoms with Gasteiger partial charge in [-0.05, 0) is 44.0 Å². The smallest absolute Gasteiger partial charge is 0.256 e. The molecule has 0 aliphatic carbocycles. The first-order valence-electron chi connectivity index (χ1n) is 6.28. The average molecular weight is 323 g/mol. The molecular formula is C14H12Cl2N4O. The van der Waals surface area contributed by atoms with E-state index in [0.29, 0.717) is 28.1 Å². The molecule has 108 valence electrons. The van der Waals surface area contributed by atoms with Crippen LogP contribution in [0.2, 0.25) is 10.2 Å². The van der Waals surface area contributed by atoms with Gasteiger partial charge in [0.1, 0.15) is 17.2 Å². The van der Waals surface area contributed by atoms with Crippen LogP contribution in [0.3, 0.4) is 0 Å². The maximum atomic E-state index is 6.17. The molecule has 0 radical (unpaired) electrons. The topological polar surface area (TPSA) is 52.3 Å². The summed E-state index contributed by atoms with van der Waals surface area (Å²) in [5.74, 6) is 1.54. The Kier molecular flexibility index (Phi) is 3.47. The van der Waals surface area contributed by atoms with Crippen molar-refractivity contribution >= 4 is 29.0 Å². The Morgan fingerprint density at radius 2 is 1.76 bits per heavy atom. The van der Waals surface area contributed by atoms with Crippen LogP contribution in [-0.4, -0.2) is 19.6 Å². The van der Waals surface area contributed by atoms with E-state index >= 15 is 0 Å². The minimum Gasteiger partial charge on any atom is -0.438 e. The third-order valence-electron chi connectivity index (χ3n) is 3.18. The normalized spacial score (nSPS) is 11.1. The fourth-order valence-electron chi connectivity index (χ4n) is 2.07. The summed E-state index contributed by atoms with van der Waals surface area (Å²) in [5.41, 5.74) is 2.58. The Morgan fingerprint density at radius 3 is 2.43 bits per heavy atom. The molecule has 0 bridgehead atoms. The van der Waals surface area contributed by atoms with Crippen molar-refractivity contribution in [1.29, 1.82) is 0 Å². The van der Waals surface area contributed by atoms with Gasteiger partial charge < -0.3 is 4.74 Å². The summed E-state index contributed by atoms with van der Waals surface area (Å²) in [5, 5.41) is 5.19. The lowest BCUT2D eigenvalue weighted by Crippen LogP contribution is -2.02. The molecule has 3 rings (SSSR count). The number of aryl methyl sites for hydroxylation is 2. The summed E-state index contributed by atoms with van der Waals surface area (Å²) in [6, 6.07) is 3.73. The summed E-state index contributed by atoms with van der Waals surface area (Å²) in [6.07, 6.45) is 1.41. The largest absolute Gasteiger partial charge is 0.438 e. The van der Waals surface area contributed by atoms with Gasteiger partial charge in [-0.1, -0.05) is 23.2 Å². The zero-order valence-corrected chi connectivity index (χ0v) is 13.2. The molecule has 1 aromatic carbocycles. The van der Waals surface area contributed by atoms with Gasteiger partial charge in [-0.3, -0.25) is 0 Å². The molecule has 21 heavy (non-hydrogen) atoms. The maximum Gasteiger partial charge on any atom is 0.256 e. The van der Waals surface area contributed by atoms with E-state index in [0.717, 1.165) is 16.1 Å². The lowest BCUT2D eigenvalue weighted by molar-refractivity contribution is 0.441. The Morgan fingerprint density at radius 1 is 1.10 bits per heavy atom. The number of fused-ring (bicyclic) bond motifs is 1. The molecule has 2 aromatic heterocycles. The molecule has 0 fully saturated rings. The van der Waals surface area contributed by atoms with Crippen LogP contribution in [0.1, 0.15) is 16.7 Å². The van der Waals surface area contributed by atoms with E-state index in [2.05, 4.69) is 15.1 Å². The molecule has 0 unspecified atom stereocenters. The minimum absolute atomic E-state index is 0.341. The fraction of sp³-hybridized carbons (Fsp3) is 0.214. The van der Waals surface area contributed by atoms with Crippen molar-refractivity contribution in [2.75, 3.05) is 0 Å². The highest BCUT2D eigenvalue weighted by molar-refractivity contribution is 6.32. The minimum atomic E-state index is 0.341. The zero-order valence-electron chi connectivity index (χ0n) is 11.7. The number of ether oxygens (including phenoxy) is 1. The van der Waals surface area contributed by atoms with Crippen molar-refractivity contribution in [1.82, 2.24) is 19.6 Å². The van der Waals surface area contributed by atoms with Crippen LogP contribution < -0.4 is 4.74 Å². The van der Waals surface area contributed by atoms with Crippen LogP contribution in [0, 0.1) is 20.8 Å². The van der Waals surface area contributed by atoms with Crippen LogP contribution in [0.4, 0.5) is 0 Å². The van der Waals surface area contributed by atoms with Gasteiger partial charge in [-0.2, -0.15) is 19.6 Å². The Labute approximate surface area is 131 Å². The molecule has 0 aliphatic heterocycles. The third kappa shape index (κ3) is 2.43. The molecular weight excluding hydrogens is 311 g/mol. The number of aromatic nitrogens is 4. The van der Waals surface area contributed by atoms with E-state index in [1.165, 1.54) is 10.8 Å². The van der Waals surface area contributed by atoms with Crippen LogP contribution >= 0.6 is 23.2 Å². The van der Waals surface area contributed by atoms with Gasteiger partial charge in [0, 0.05) is 10.6 Å². The lowest BCUT2D eigenvalue weighted by Gasteiger charge is -2.12. The first-order valence-corrected chi connectivity index (χ1v) is 7.03. The Hall–Kier alpha value is -1.85. The average Bonchev–Trinajstić information content (AvgIpc) is 2.89.